The maximum atomic E-state index is 10.5. The lowest BCUT2D eigenvalue weighted by Crippen LogP contribution is -2.38. The van der Waals surface area contributed by atoms with Gasteiger partial charge in [0.25, 0.3) is 0 Å². The third-order valence-corrected chi connectivity index (χ3v) is 2.34. The van der Waals surface area contributed by atoms with Crippen molar-refractivity contribution in [1.29, 1.82) is 0 Å². The average Bonchev–Trinajstić information content (AvgIpc) is 2.47. The van der Waals surface area contributed by atoms with Crippen LogP contribution in [0, 0.1) is 0 Å². The van der Waals surface area contributed by atoms with E-state index in [1.807, 2.05) is 6.92 Å². The predicted molar refractivity (Wildman–Crippen MR) is 48.7 cm³/mol. The van der Waals surface area contributed by atoms with Crippen LogP contribution in [0.4, 0.5) is 0 Å². The molecule has 0 amide bonds. The Morgan fingerprint density at radius 2 is 2.38 bits per heavy atom. The van der Waals surface area contributed by atoms with Crippen LogP contribution in [-0.4, -0.2) is 35.9 Å². The first-order chi connectivity index (χ1) is 6.09. The third kappa shape index (κ3) is 3.32. The van der Waals surface area contributed by atoms with E-state index in [-0.39, 0.29) is 6.10 Å². The highest BCUT2D eigenvalue weighted by atomic mass is 16.5. The zero-order valence-corrected chi connectivity index (χ0v) is 8.12. The summed E-state index contributed by atoms with van der Waals surface area (Å²) in [5.41, 5.74) is 0. The standard InChI is InChI=1S/C9H17NO3/c1-6-3-4-8(13-6)5-10-7(2)9(11)12/h6-8,10H,3-5H2,1-2H3,(H,11,12). The van der Waals surface area contributed by atoms with Crippen LogP contribution in [0.5, 0.6) is 0 Å². The maximum absolute atomic E-state index is 10.5. The molecule has 1 saturated heterocycles. The van der Waals surface area contributed by atoms with Crippen molar-refractivity contribution >= 4 is 5.97 Å². The van der Waals surface area contributed by atoms with Gasteiger partial charge in [-0.25, -0.2) is 0 Å². The van der Waals surface area contributed by atoms with Gasteiger partial charge in [0, 0.05) is 6.54 Å². The first kappa shape index (κ1) is 10.5. The topological polar surface area (TPSA) is 58.6 Å². The number of nitrogens with one attached hydrogen (secondary N) is 1. The molecule has 0 aromatic rings. The smallest absolute Gasteiger partial charge is 0.320 e. The first-order valence-corrected chi connectivity index (χ1v) is 4.71. The van der Waals surface area contributed by atoms with Gasteiger partial charge in [-0.2, -0.15) is 0 Å². The number of aliphatic carboxylic acids is 1. The summed E-state index contributed by atoms with van der Waals surface area (Å²) in [6, 6.07) is -0.487. The van der Waals surface area contributed by atoms with E-state index in [0.717, 1.165) is 12.8 Å². The van der Waals surface area contributed by atoms with Gasteiger partial charge in [-0.15, -0.1) is 0 Å². The van der Waals surface area contributed by atoms with Gasteiger partial charge in [-0.3, -0.25) is 4.79 Å². The molecule has 0 saturated carbocycles. The molecular formula is C9H17NO3. The summed E-state index contributed by atoms with van der Waals surface area (Å²) in [5.74, 6) is -0.814. The molecule has 0 bridgehead atoms. The molecule has 3 atom stereocenters. The minimum absolute atomic E-state index is 0.191. The van der Waals surface area contributed by atoms with Gasteiger partial charge in [0.1, 0.15) is 6.04 Å². The molecule has 2 N–H and O–H groups in total. The van der Waals surface area contributed by atoms with Crippen LogP contribution in [0.3, 0.4) is 0 Å². The molecule has 0 aromatic heterocycles. The molecule has 1 rings (SSSR count). The van der Waals surface area contributed by atoms with Gasteiger partial charge < -0.3 is 15.2 Å². The average molecular weight is 187 g/mol. The van der Waals surface area contributed by atoms with Crippen molar-refractivity contribution in [3.05, 3.63) is 0 Å². The van der Waals surface area contributed by atoms with Gasteiger partial charge in [0.15, 0.2) is 0 Å². The van der Waals surface area contributed by atoms with Gasteiger partial charge in [0.2, 0.25) is 0 Å². The Morgan fingerprint density at radius 1 is 1.69 bits per heavy atom. The van der Waals surface area contributed by atoms with E-state index < -0.39 is 12.0 Å². The summed E-state index contributed by atoms with van der Waals surface area (Å²) in [5, 5.41) is 11.5. The summed E-state index contributed by atoms with van der Waals surface area (Å²) in [4.78, 5) is 10.5. The van der Waals surface area contributed by atoms with Crippen LogP contribution < -0.4 is 5.32 Å². The van der Waals surface area contributed by atoms with Crippen LogP contribution in [0.15, 0.2) is 0 Å². The lowest BCUT2D eigenvalue weighted by atomic mass is 10.2. The summed E-state index contributed by atoms with van der Waals surface area (Å²) in [6.07, 6.45) is 2.62. The Balaban J connectivity index is 2.16. The van der Waals surface area contributed by atoms with E-state index in [1.54, 1.807) is 6.92 Å². The van der Waals surface area contributed by atoms with Crippen LogP contribution in [0.25, 0.3) is 0 Å². The molecule has 0 radical (unpaired) electrons. The number of carboxylic acid groups (broad SMARTS) is 1. The lowest BCUT2D eigenvalue weighted by molar-refractivity contribution is -0.139. The van der Waals surface area contributed by atoms with Crippen LogP contribution in [0.2, 0.25) is 0 Å². The molecule has 13 heavy (non-hydrogen) atoms. The highest BCUT2D eigenvalue weighted by Gasteiger charge is 2.22. The van der Waals surface area contributed by atoms with E-state index in [4.69, 9.17) is 9.84 Å². The molecule has 0 aromatic carbocycles. The quantitative estimate of drug-likeness (QED) is 0.677. The Morgan fingerprint density at radius 3 is 2.85 bits per heavy atom. The maximum Gasteiger partial charge on any atom is 0.320 e. The van der Waals surface area contributed by atoms with Crippen molar-refractivity contribution in [2.24, 2.45) is 0 Å². The largest absolute Gasteiger partial charge is 0.480 e. The number of rotatable bonds is 4. The van der Waals surface area contributed by atoms with Gasteiger partial charge in [-0.05, 0) is 26.7 Å². The molecule has 76 valence electrons. The van der Waals surface area contributed by atoms with Crippen molar-refractivity contribution in [1.82, 2.24) is 5.32 Å². The Kier molecular flexibility index (Phi) is 3.69. The molecule has 0 spiro atoms. The lowest BCUT2D eigenvalue weighted by Gasteiger charge is -2.14. The second kappa shape index (κ2) is 4.58. The number of ether oxygens (including phenoxy) is 1. The predicted octanol–water partition coefficient (Wildman–Crippen LogP) is 0.617. The molecule has 0 aliphatic carbocycles. The summed E-state index contributed by atoms with van der Waals surface area (Å²) < 4.78 is 5.54. The fourth-order valence-corrected chi connectivity index (χ4v) is 1.43. The van der Waals surface area contributed by atoms with Crippen LogP contribution in [0.1, 0.15) is 26.7 Å². The van der Waals surface area contributed by atoms with Gasteiger partial charge in [0.05, 0.1) is 12.2 Å². The second-order valence-electron chi connectivity index (χ2n) is 3.61. The van der Waals surface area contributed by atoms with E-state index in [2.05, 4.69) is 5.32 Å². The van der Waals surface area contributed by atoms with Crippen molar-refractivity contribution in [3.8, 4) is 0 Å². The normalized spacial score (nSPS) is 30.3. The zero-order chi connectivity index (χ0) is 9.84. The van der Waals surface area contributed by atoms with Crippen molar-refractivity contribution in [2.75, 3.05) is 6.54 Å². The molecule has 3 unspecified atom stereocenters. The number of carbonyl (C=O) groups is 1. The number of hydrogen-bond donors (Lipinski definition) is 2. The van der Waals surface area contributed by atoms with Crippen LogP contribution >= 0.6 is 0 Å². The third-order valence-electron chi connectivity index (χ3n) is 2.34. The van der Waals surface area contributed by atoms with Crippen molar-refractivity contribution in [3.63, 3.8) is 0 Å². The Labute approximate surface area is 78.3 Å². The van der Waals surface area contributed by atoms with Crippen LogP contribution in [-0.2, 0) is 9.53 Å². The highest BCUT2D eigenvalue weighted by Crippen LogP contribution is 2.18. The van der Waals surface area contributed by atoms with E-state index >= 15 is 0 Å². The fourth-order valence-electron chi connectivity index (χ4n) is 1.43. The summed E-state index contributed by atoms with van der Waals surface area (Å²) in [6.45, 7) is 4.32. The summed E-state index contributed by atoms with van der Waals surface area (Å²) in [7, 11) is 0. The Bertz CT molecular complexity index is 184. The molecule has 1 heterocycles. The monoisotopic (exact) mass is 187 g/mol. The van der Waals surface area contributed by atoms with Crippen molar-refractivity contribution < 1.29 is 14.6 Å². The minimum atomic E-state index is -0.814. The zero-order valence-electron chi connectivity index (χ0n) is 8.12. The van der Waals surface area contributed by atoms with Gasteiger partial charge >= 0.3 is 5.97 Å². The molecular weight excluding hydrogens is 170 g/mol. The molecule has 4 heteroatoms. The molecule has 1 aliphatic heterocycles. The van der Waals surface area contributed by atoms with Crippen molar-refractivity contribution in [2.45, 2.75) is 44.9 Å². The Hall–Kier alpha value is -0.610. The number of hydrogen-bond acceptors (Lipinski definition) is 3. The SMILES string of the molecule is CC1CCC(CNC(C)C(=O)O)O1. The molecule has 1 aliphatic rings. The minimum Gasteiger partial charge on any atom is -0.480 e. The molecule has 1 fully saturated rings. The van der Waals surface area contributed by atoms with Gasteiger partial charge in [-0.1, -0.05) is 0 Å². The number of carboxylic acids is 1. The van der Waals surface area contributed by atoms with E-state index in [9.17, 15) is 4.79 Å². The van der Waals surface area contributed by atoms with E-state index in [0.29, 0.717) is 12.6 Å². The molecule has 4 nitrogen and oxygen atoms in total. The second-order valence-corrected chi connectivity index (χ2v) is 3.61. The highest BCUT2D eigenvalue weighted by molar-refractivity contribution is 5.72. The first-order valence-electron chi connectivity index (χ1n) is 4.71. The summed E-state index contributed by atoms with van der Waals surface area (Å²) >= 11 is 0. The van der Waals surface area contributed by atoms with E-state index in [1.165, 1.54) is 0 Å². The fraction of sp³-hybridized carbons (Fsp3) is 0.889.